The zero-order chi connectivity index (χ0) is 24.4. The number of hydrogen-bond acceptors (Lipinski definition) is 6. The van der Waals surface area contributed by atoms with Crippen LogP contribution in [0.15, 0.2) is 70.1 Å². The molecule has 0 bridgehead atoms. The summed E-state index contributed by atoms with van der Waals surface area (Å²) in [6.45, 7) is 5.66. The van der Waals surface area contributed by atoms with Gasteiger partial charge >= 0.3 is 0 Å². The number of fused-ring (bicyclic) bond motifs is 1. The van der Waals surface area contributed by atoms with Crippen LogP contribution in [0, 0.1) is 19.7 Å². The molecule has 0 aliphatic rings. The molecular formula is C26H25FN6O2. The molecule has 3 aromatic heterocycles. The summed E-state index contributed by atoms with van der Waals surface area (Å²) in [5, 5.41) is 13.1. The zero-order valence-corrected chi connectivity index (χ0v) is 19.5. The lowest BCUT2D eigenvalue weighted by atomic mass is 10.0. The topological polar surface area (TPSA) is 92.8 Å². The van der Waals surface area contributed by atoms with E-state index < -0.39 is 0 Å². The lowest BCUT2D eigenvalue weighted by molar-refractivity contribution is 0.235. The molecule has 8 nitrogen and oxygen atoms in total. The first-order valence-electron chi connectivity index (χ1n) is 11.3. The molecule has 0 spiro atoms. The van der Waals surface area contributed by atoms with Gasteiger partial charge in [-0.05, 0) is 76.7 Å². The molecule has 178 valence electrons. The van der Waals surface area contributed by atoms with E-state index in [1.54, 1.807) is 23.1 Å². The SMILES string of the molecule is Cc1ccc2cc(CN(Cc3ccc(F)cc3)Cc3nnnn3Cc3ccco3)c(=O)[nH]c2c1C. The van der Waals surface area contributed by atoms with Crippen molar-refractivity contribution in [1.82, 2.24) is 30.1 Å². The minimum Gasteiger partial charge on any atom is -0.467 e. The summed E-state index contributed by atoms with van der Waals surface area (Å²) >= 11 is 0. The van der Waals surface area contributed by atoms with Crippen LogP contribution in [0.4, 0.5) is 4.39 Å². The van der Waals surface area contributed by atoms with Crippen molar-refractivity contribution >= 4 is 10.9 Å². The van der Waals surface area contributed by atoms with E-state index in [0.717, 1.165) is 33.4 Å². The van der Waals surface area contributed by atoms with Crippen molar-refractivity contribution in [3.05, 3.63) is 111 Å². The number of tetrazole rings is 1. The van der Waals surface area contributed by atoms with Crippen molar-refractivity contribution in [3.8, 4) is 0 Å². The molecule has 0 fully saturated rings. The summed E-state index contributed by atoms with van der Waals surface area (Å²) in [4.78, 5) is 18.1. The van der Waals surface area contributed by atoms with Gasteiger partial charge in [0.15, 0.2) is 5.82 Å². The average molecular weight is 473 g/mol. The fraction of sp³-hybridized carbons (Fsp3) is 0.231. The largest absolute Gasteiger partial charge is 0.467 e. The smallest absolute Gasteiger partial charge is 0.252 e. The number of furan rings is 1. The first-order chi connectivity index (χ1) is 17.0. The van der Waals surface area contributed by atoms with Gasteiger partial charge in [0, 0.05) is 18.7 Å². The Morgan fingerprint density at radius 3 is 2.66 bits per heavy atom. The van der Waals surface area contributed by atoms with Crippen molar-refractivity contribution < 1.29 is 8.81 Å². The van der Waals surface area contributed by atoms with Gasteiger partial charge in [0.1, 0.15) is 18.1 Å². The van der Waals surface area contributed by atoms with Gasteiger partial charge in [-0.25, -0.2) is 9.07 Å². The first kappa shape index (κ1) is 22.7. The Bertz CT molecular complexity index is 1510. The fourth-order valence-corrected chi connectivity index (χ4v) is 4.15. The molecule has 0 aliphatic carbocycles. The predicted molar refractivity (Wildman–Crippen MR) is 129 cm³/mol. The molecule has 0 atom stereocenters. The van der Waals surface area contributed by atoms with Crippen LogP contribution in [0.3, 0.4) is 0 Å². The van der Waals surface area contributed by atoms with E-state index in [4.69, 9.17) is 4.42 Å². The van der Waals surface area contributed by atoms with Gasteiger partial charge in [-0.1, -0.05) is 24.3 Å². The second-order valence-electron chi connectivity index (χ2n) is 8.70. The second-order valence-corrected chi connectivity index (χ2v) is 8.70. The van der Waals surface area contributed by atoms with E-state index >= 15 is 0 Å². The van der Waals surface area contributed by atoms with Crippen LogP contribution >= 0.6 is 0 Å². The minimum atomic E-state index is -0.292. The van der Waals surface area contributed by atoms with Crippen LogP contribution in [-0.4, -0.2) is 30.1 Å². The van der Waals surface area contributed by atoms with Gasteiger partial charge < -0.3 is 9.40 Å². The number of nitrogens with one attached hydrogen (secondary N) is 1. The summed E-state index contributed by atoms with van der Waals surface area (Å²) in [7, 11) is 0. The molecule has 0 saturated heterocycles. The number of H-pyrrole nitrogens is 1. The number of aromatic nitrogens is 5. The van der Waals surface area contributed by atoms with Crippen molar-refractivity contribution in [2.45, 2.75) is 40.0 Å². The monoisotopic (exact) mass is 472 g/mol. The molecule has 0 amide bonds. The second kappa shape index (κ2) is 9.63. The molecule has 1 N–H and O–H groups in total. The van der Waals surface area contributed by atoms with E-state index in [9.17, 15) is 9.18 Å². The van der Waals surface area contributed by atoms with Gasteiger partial charge in [0.05, 0.1) is 18.3 Å². The summed E-state index contributed by atoms with van der Waals surface area (Å²) in [5.41, 5.74) is 4.46. The Kier molecular flexibility index (Phi) is 6.24. The van der Waals surface area contributed by atoms with Crippen molar-refractivity contribution in [2.24, 2.45) is 0 Å². The van der Waals surface area contributed by atoms with Crippen molar-refractivity contribution in [1.29, 1.82) is 0 Å². The Labute approximate surface area is 201 Å². The van der Waals surface area contributed by atoms with Crippen LogP contribution in [0.5, 0.6) is 0 Å². The van der Waals surface area contributed by atoms with E-state index in [0.29, 0.717) is 37.6 Å². The number of rotatable bonds is 8. The number of pyridine rings is 1. The molecule has 0 unspecified atom stereocenters. The van der Waals surface area contributed by atoms with Crippen LogP contribution < -0.4 is 5.56 Å². The maximum atomic E-state index is 13.5. The van der Waals surface area contributed by atoms with Crippen LogP contribution in [0.1, 0.15) is 33.8 Å². The Morgan fingerprint density at radius 2 is 1.89 bits per heavy atom. The van der Waals surface area contributed by atoms with Gasteiger partial charge in [-0.2, -0.15) is 0 Å². The molecule has 5 aromatic rings. The first-order valence-corrected chi connectivity index (χ1v) is 11.3. The maximum absolute atomic E-state index is 13.5. The standard InChI is InChI=1S/C26H25FN6O2/c1-17-5-8-20-12-21(26(34)28-25(20)18(17)2)14-32(13-19-6-9-22(27)10-7-19)16-24-29-30-31-33(24)15-23-4-3-11-35-23/h3-12H,13-16H2,1-2H3,(H,28,34). The van der Waals surface area contributed by atoms with Gasteiger partial charge in [-0.3, -0.25) is 9.69 Å². The summed E-state index contributed by atoms with van der Waals surface area (Å²) in [6.07, 6.45) is 1.61. The highest BCUT2D eigenvalue weighted by Gasteiger charge is 2.17. The molecule has 0 aliphatic heterocycles. The third-order valence-electron chi connectivity index (χ3n) is 6.20. The molecular weight excluding hydrogens is 447 g/mol. The minimum absolute atomic E-state index is 0.134. The summed E-state index contributed by atoms with van der Waals surface area (Å²) < 4.78 is 20.6. The maximum Gasteiger partial charge on any atom is 0.252 e. The molecule has 2 aromatic carbocycles. The normalized spacial score (nSPS) is 11.5. The number of aryl methyl sites for hydroxylation is 2. The molecule has 0 saturated carbocycles. The van der Waals surface area contributed by atoms with E-state index in [2.05, 4.69) is 31.5 Å². The summed E-state index contributed by atoms with van der Waals surface area (Å²) in [6, 6.07) is 16.0. The highest BCUT2D eigenvalue weighted by molar-refractivity contribution is 5.83. The lowest BCUT2D eigenvalue weighted by Gasteiger charge is -2.22. The fourth-order valence-electron chi connectivity index (χ4n) is 4.15. The van der Waals surface area contributed by atoms with Crippen molar-refractivity contribution in [2.75, 3.05) is 0 Å². The number of nitrogens with zero attached hydrogens (tertiary/aromatic N) is 5. The Morgan fingerprint density at radius 1 is 1.06 bits per heavy atom. The quantitative estimate of drug-likeness (QED) is 0.365. The summed E-state index contributed by atoms with van der Waals surface area (Å²) in [5.74, 6) is 1.08. The Hall–Kier alpha value is -4.11. The molecule has 0 radical (unpaired) electrons. The van der Waals surface area contributed by atoms with E-state index in [-0.39, 0.29) is 11.4 Å². The lowest BCUT2D eigenvalue weighted by Crippen LogP contribution is -2.28. The number of hydrogen-bond donors (Lipinski definition) is 1. The van der Waals surface area contributed by atoms with Gasteiger partial charge in [0.25, 0.3) is 5.56 Å². The van der Waals surface area contributed by atoms with Crippen LogP contribution in [-0.2, 0) is 26.2 Å². The molecule has 5 rings (SSSR count). The average Bonchev–Trinajstić information content (AvgIpc) is 3.52. The van der Waals surface area contributed by atoms with Gasteiger partial charge in [-0.15, -0.1) is 5.10 Å². The number of benzene rings is 2. The van der Waals surface area contributed by atoms with Crippen molar-refractivity contribution in [3.63, 3.8) is 0 Å². The van der Waals surface area contributed by atoms with E-state index in [1.807, 2.05) is 38.1 Å². The highest BCUT2D eigenvalue weighted by atomic mass is 19.1. The molecule has 35 heavy (non-hydrogen) atoms. The highest BCUT2D eigenvalue weighted by Crippen LogP contribution is 2.20. The van der Waals surface area contributed by atoms with Crippen LogP contribution in [0.25, 0.3) is 10.9 Å². The molecule has 3 heterocycles. The van der Waals surface area contributed by atoms with Gasteiger partial charge in [0.2, 0.25) is 0 Å². The third kappa shape index (κ3) is 5.04. The number of halogens is 1. The zero-order valence-electron chi connectivity index (χ0n) is 19.5. The third-order valence-corrected chi connectivity index (χ3v) is 6.20. The Balaban J connectivity index is 1.46. The van der Waals surface area contributed by atoms with Crippen LogP contribution in [0.2, 0.25) is 0 Å². The molecule has 9 heteroatoms. The predicted octanol–water partition coefficient (Wildman–Crippen LogP) is 4.11. The van der Waals surface area contributed by atoms with E-state index in [1.165, 1.54) is 12.1 Å². The number of aromatic amines is 1.